The minimum atomic E-state index is -0.164. The molecular formula is C15H16N2O2S. The molecule has 4 nitrogen and oxygen atoms in total. The highest BCUT2D eigenvalue weighted by atomic mass is 32.2. The fourth-order valence-electron chi connectivity index (χ4n) is 1.84. The van der Waals surface area contributed by atoms with E-state index in [4.69, 9.17) is 0 Å². The van der Waals surface area contributed by atoms with Gasteiger partial charge >= 0.3 is 0 Å². The monoisotopic (exact) mass is 288 g/mol. The molecule has 0 spiro atoms. The summed E-state index contributed by atoms with van der Waals surface area (Å²) in [4.78, 5) is 18.8. The van der Waals surface area contributed by atoms with Crippen LogP contribution < -0.4 is 0 Å². The molecule has 0 aliphatic carbocycles. The fraction of sp³-hybridized carbons (Fsp3) is 0.200. The van der Waals surface area contributed by atoms with Crippen LogP contribution in [0.15, 0.2) is 47.6 Å². The maximum Gasteiger partial charge on any atom is 0.255 e. The van der Waals surface area contributed by atoms with Gasteiger partial charge in [0.05, 0.1) is 11.8 Å². The quantitative estimate of drug-likeness (QED) is 0.879. The van der Waals surface area contributed by atoms with Gasteiger partial charge in [0.15, 0.2) is 0 Å². The lowest BCUT2D eigenvalue weighted by Crippen LogP contribution is -2.26. The van der Waals surface area contributed by atoms with Gasteiger partial charge in [0.25, 0.3) is 5.91 Å². The van der Waals surface area contributed by atoms with Crippen molar-refractivity contribution in [3.05, 3.63) is 53.9 Å². The van der Waals surface area contributed by atoms with E-state index in [0.29, 0.717) is 12.1 Å². The maximum absolute atomic E-state index is 12.2. The predicted octanol–water partition coefficient (Wildman–Crippen LogP) is 2.78. The van der Waals surface area contributed by atoms with Crippen molar-refractivity contribution < 1.29 is 9.90 Å². The zero-order chi connectivity index (χ0) is 14.5. The molecule has 1 aromatic heterocycles. The van der Waals surface area contributed by atoms with Crippen molar-refractivity contribution in [1.29, 1.82) is 0 Å². The van der Waals surface area contributed by atoms with Gasteiger partial charge in [0.1, 0.15) is 5.75 Å². The number of carbonyl (C=O) groups is 1. The van der Waals surface area contributed by atoms with Crippen LogP contribution in [-0.4, -0.2) is 34.2 Å². The van der Waals surface area contributed by atoms with Crippen molar-refractivity contribution in [1.82, 2.24) is 9.88 Å². The van der Waals surface area contributed by atoms with E-state index in [1.807, 2.05) is 30.5 Å². The summed E-state index contributed by atoms with van der Waals surface area (Å²) in [7, 11) is 1.73. The molecular weight excluding hydrogens is 272 g/mol. The first-order chi connectivity index (χ1) is 9.60. The molecule has 2 rings (SSSR count). The molecule has 0 bridgehead atoms. The Kier molecular flexibility index (Phi) is 4.63. The SMILES string of the molecule is CSc1ccc(CN(C)C(=O)c2cncc(O)c2)cc1. The standard InChI is InChI=1S/C15H16N2O2S/c1-17(10-11-3-5-14(20-2)6-4-11)15(19)12-7-13(18)9-16-8-12/h3-9,18H,10H2,1-2H3. The number of hydrogen-bond acceptors (Lipinski definition) is 4. The number of hydrogen-bond donors (Lipinski definition) is 1. The molecule has 1 N–H and O–H groups in total. The average molecular weight is 288 g/mol. The van der Waals surface area contributed by atoms with Gasteiger partial charge in [-0.1, -0.05) is 12.1 Å². The highest BCUT2D eigenvalue weighted by Gasteiger charge is 2.13. The van der Waals surface area contributed by atoms with Gasteiger partial charge in [-0.3, -0.25) is 9.78 Å². The molecule has 5 heteroatoms. The zero-order valence-electron chi connectivity index (χ0n) is 11.4. The molecule has 0 radical (unpaired) electrons. The minimum absolute atomic E-state index is 0.00595. The number of aromatic nitrogens is 1. The summed E-state index contributed by atoms with van der Waals surface area (Å²) in [5, 5.41) is 9.36. The summed E-state index contributed by atoms with van der Waals surface area (Å²) in [5.74, 6) is -0.170. The molecule has 0 saturated carbocycles. The molecule has 1 heterocycles. The van der Waals surface area contributed by atoms with Crippen molar-refractivity contribution in [3.8, 4) is 5.75 Å². The fourth-order valence-corrected chi connectivity index (χ4v) is 2.25. The summed E-state index contributed by atoms with van der Waals surface area (Å²) in [6, 6.07) is 9.51. The lowest BCUT2D eigenvalue weighted by atomic mass is 10.2. The van der Waals surface area contributed by atoms with Crippen LogP contribution in [0.5, 0.6) is 5.75 Å². The summed E-state index contributed by atoms with van der Waals surface area (Å²) in [5.41, 5.74) is 1.44. The number of nitrogens with zero attached hydrogens (tertiary/aromatic N) is 2. The Bertz CT molecular complexity index is 599. The van der Waals surface area contributed by atoms with Crippen LogP contribution in [0.3, 0.4) is 0 Å². The third kappa shape index (κ3) is 3.51. The van der Waals surface area contributed by atoms with Crippen molar-refractivity contribution in [3.63, 3.8) is 0 Å². The van der Waals surface area contributed by atoms with E-state index >= 15 is 0 Å². The van der Waals surface area contributed by atoms with Crippen molar-refractivity contribution in [2.45, 2.75) is 11.4 Å². The number of aromatic hydroxyl groups is 1. The first-order valence-electron chi connectivity index (χ1n) is 6.12. The molecule has 0 fully saturated rings. The van der Waals surface area contributed by atoms with Crippen molar-refractivity contribution in [2.24, 2.45) is 0 Å². The van der Waals surface area contributed by atoms with E-state index < -0.39 is 0 Å². The van der Waals surface area contributed by atoms with Crippen LogP contribution in [-0.2, 0) is 6.54 Å². The highest BCUT2D eigenvalue weighted by molar-refractivity contribution is 7.98. The molecule has 104 valence electrons. The van der Waals surface area contributed by atoms with Crippen LogP contribution in [0.1, 0.15) is 15.9 Å². The van der Waals surface area contributed by atoms with E-state index in [9.17, 15) is 9.90 Å². The van der Waals surface area contributed by atoms with Crippen LogP contribution in [0.4, 0.5) is 0 Å². The molecule has 1 amide bonds. The van der Waals surface area contributed by atoms with Crippen LogP contribution >= 0.6 is 11.8 Å². The Balaban J connectivity index is 2.07. The first kappa shape index (κ1) is 14.4. The van der Waals surface area contributed by atoms with Gasteiger partial charge in [-0.05, 0) is 30.0 Å². The largest absolute Gasteiger partial charge is 0.506 e. The Hall–Kier alpha value is -2.01. The van der Waals surface area contributed by atoms with E-state index in [-0.39, 0.29) is 11.7 Å². The van der Waals surface area contributed by atoms with E-state index in [2.05, 4.69) is 4.98 Å². The molecule has 0 atom stereocenters. The number of amides is 1. The lowest BCUT2D eigenvalue weighted by molar-refractivity contribution is 0.0784. The molecule has 2 aromatic rings. The summed E-state index contributed by atoms with van der Waals surface area (Å²) < 4.78 is 0. The summed E-state index contributed by atoms with van der Waals surface area (Å²) >= 11 is 1.68. The third-order valence-corrected chi connectivity index (χ3v) is 3.64. The van der Waals surface area contributed by atoms with Gasteiger partial charge in [0, 0.05) is 24.7 Å². The molecule has 20 heavy (non-hydrogen) atoms. The highest BCUT2D eigenvalue weighted by Crippen LogP contribution is 2.16. The van der Waals surface area contributed by atoms with Crippen LogP contribution in [0, 0.1) is 0 Å². The second kappa shape index (κ2) is 6.43. The van der Waals surface area contributed by atoms with E-state index in [1.165, 1.54) is 23.4 Å². The number of thioether (sulfide) groups is 1. The topological polar surface area (TPSA) is 53.4 Å². The Morgan fingerprint density at radius 2 is 2.00 bits per heavy atom. The normalized spacial score (nSPS) is 10.3. The number of carbonyl (C=O) groups excluding carboxylic acids is 1. The molecule has 0 aliphatic heterocycles. The number of benzene rings is 1. The Morgan fingerprint density at radius 3 is 2.60 bits per heavy atom. The summed E-state index contributed by atoms with van der Waals surface area (Å²) in [6.45, 7) is 0.517. The molecule has 1 aromatic carbocycles. The number of rotatable bonds is 4. The van der Waals surface area contributed by atoms with E-state index in [1.54, 1.807) is 23.7 Å². The second-order valence-electron chi connectivity index (χ2n) is 4.44. The molecule has 0 unspecified atom stereocenters. The van der Waals surface area contributed by atoms with E-state index in [0.717, 1.165) is 5.56 Å². The third-order valence-electron chi connectivity index (χ3n) is 2.90. The molecule has 0 saturated heterocycles. The van der Waals surface area contributed by atoms with Gasteiger partial charge in [-0.25, -0.2) is 0 Å². The van der Waals surface area contributed by atoms with Gasteiger partial charge in [-0.2, -0.15) is 0 Å². The first-order valence-corrected chi connectivity index (χ1v) is 7.35. The van der Waals surface area contributed by atoms with Gasteiger partial charge < -0.3 is 10.0 Å². The zero-order valence-corrected chi connectivity index (χ0v) is 12.2. The Labute approximate surface area is 122 Å². The van der Waals surface area contributed by atoms with Gasteiger partial charge in [0.2, 0.25) is 0 Å². The van der Waals surface area contributed by atoms with Gasteiger partial charge in [-0.15, -0.1) is 11.8 Å². The van der Waals surface area contributed by atoms with Crippen LogP contribution in [0.2, 0.25) is 0 Å². The average Bonchev–Trinajstić information content (AvgIpc) is 2.47. The Morgan fingerprint density at radius 1 is 1.30 bits per heavy atom. The minimum Gasteiger partial charge on any atom is -0.506 e. The predicted molar refractivity (Wildman–Crippen MR) is 79.9 cm³/mol. The van der Waals surface area contributed by atoms with Crippen molar-refractivity contribution in [2.75, 3.05) is 13.3 Å². The lowest BCUT2D eigenvalue weighted by Gasteiger charge is -2.17. The summed E-state index contributed by atoms with van der Waals surface area (Å²) in [6.07, 6.45) is 4.78. The number of pyridine rings is 1. The van der Waals surface area contributed by atoms with Crippen molar-refractivity contribution >= 4 is 17.7 Å². The smallest absolute Gasteiger partial charge is 0.255 e. The van der Waals surface area contributed by atoms with Crippen LogP contribution in [0.25, 0.3) is 0 Å². The second-order valence-corrected chi connectivity index (χ2v) is 5.32. The maximum atomic E-state index is 12.2. The molecule has 0 aliphatic rings.